The van der Waals surface area contributed by atoms with Gasteiger partial charge in [-0.3, -0.25) is 0 Å². The minimum absolute atomic E-state index is 0.0904. The molecule has 2 fully saturated rings. The first-order valence-electron chi connectivity index (χ1n) is 5.68. The molecule has 2 unspecified atom stereocenters. The number of fused-ring (bicyclic) bond motifs is 2. The van der Waals surface area contributed by atoms with Crippen LogP contribution in [0.25, 0.3) is 0 Å². The summed E-state index contributed by atoms with van der Waals surface area (Å²) in [6, 6.07) is 1.47. The van der Waals surface area contributed by atoms with Crippen LogP contribution in [0.5, 0.6) is 0 Å². The maximum Gasteiger partial charge on any atom is 0.0720 e. The first-order chi connectivity index (χ1) is 6.71. The molecule has 0 saturated carbocycles. The van der Waals surface area contributed by atoms with Crippen molar-refractivity contribution in [3.05, 3.63) is 0 Å². The van der Waals surface area contributed by atoms with E-state index >= 15 is 0 Å². The quantitative estimate of drug-likeness (QED) is 0.734. The number of rotatable bonds is 3. The largest absolute Gasteiger partial charge is 0.378 e. The molecule has 82 valence electrons. The van der Waals surface area contributed by atoms with Crippen molar-refractivity contribution in [1.82, 2.24) is 4.90 Å². The highest BCUT2D eigenvalue weighted by molar-refractivity contribution is 5.01. The van der Waals surface area contributed by atoms with E-state index in [9.17, 15) is 0 Å². The van der Waals surface area contributed by atoms with Gasteiger partial charge in [0.15, 0.2) is 0 Å². The van der Waals surface area contributed by atoms with Gasteiger partial charge in [-0.2, -0.15) is 0 Å². The first-order valence-corrected chi connectivity index (χ1v) is 5.68. The topological polar surface area (TPSA) is 38.5 Å². The molecule has 2 aliphatic rings. The van der Waals surface area contributed by atoms with Crippen molar-refractivity contribution in [2.75, 3.05) is 20.7 Å². The van der Waals surface area contributed by atoms with Crippen molar-refractivity contribution in [1.29, 1.82) is 0 Å². The van der Waals surface area contributed by atoms with Crippen LogP contribution in [0.15, 0.2) is 0 Å². The van der Waals surface area contributed by atoms with Gasteiger partial charge in [-0.15, -0.1) is 0 Å². The van der Waals surface area contributed by atoms with Crippen LogP contribution < -0.4 is 5.73 Å². The molecule has 2 atom stereocenters. The number of ether oxygens (including phenoxy) is 1. The van der Waals surface area contributed by atoms with Gasteiger partial charge in [-0.25, -0.2) is 0 Å². The lowest BCUT2D eigenvalue weighted by Gasteiger charge is -2.44. The SMILES string of the molecule is COC1(CCN)CC2CCC(C1)N2C. The second kappa shape index (κ2) is 3.80. The van der Waals surface area contributed by atoms with Crippen LogP contribution in [0, 0.1) is 0 Å². The fourth-order valence-electron chi connectivity index (χ4n) is 3.26. The molecule has 2 heterocycles. The summed E-state index contributed by atoms with van der Waals surface area (Å²) in [6.45, 7) is 0.747. The lowest BCUT2D eigenvalue weighted by molar-refractivity contribution is -0.0790. The van der Waals surface area contributed by atoms with Crippen molar-refractivity contribution in [3.8, 4) is 0 Å². The van der Waals surface area contributed by atoms with Crippen LogP contribution in [-0.4, -0.2) is 43.3 Å². The summed E-state index contributed by atoms with van der Waals surface area (Å²) < 4.78 is 5.74. The Morgan fingerprint density at radius 2 is 1.93 bits per heavy atom. The highest BCUT2D eigenvalue weighted by Gasteiger charge is 2.46. The van der Waals surface area contributed by atoms with Crippen molar-refractivity contribution >= 4 is 0 Å². The molecule has 0 spiro atoms. The van der Waals surface area contributed by atoms with Crippen LogP contribution in [0.2, 0.25) is 0 Å². The third-order valence-corrected chi connectivity index (χ3v) is 4.23. The Bertz CT molecular complexity index is 193. The molecule has 0 aliphatic carbocycles. The number of hydrogen-bond acceptors (Lipinski definition) is 3. The number of nitrogens with two attached hydrogens (primary N) is 1. The van der Waals surface area contributed by atoms with Crippen LogP contribution in [0.3, 0.4) is 0 Å². The average molecular weight is 198 g/mol. The minimum atomic E-state index is 0.0904. The van der Waals surface area contributed by atoms with Crippen molar-refractivity contribution in [2.24, 2.45) is 5.73 Å². The van der Waals surface area contributed by atoms with E-state index in [2.05, 4.69) is 11.9 Å². The maximum absolute atomic E-state index is 5.74. The van der Waals surface area contributed by atoms with Crippen LogP contribution in [0.1, 0.15) is 32.1 Å². The molecule has 2 aliphatic heterocycles. The van der Waals surface area contributed by atoms with Crippen LogP contribution in [0.4, 0.5) is 0 Å². The normalized spacial score (nSPS) is 43.1. The van der Waals surface area contributed by atoms with Gasteiger partial charge in [0, 0.05) is 19.2 Å². The molecule has 0 amide bonds. The van der Waals surface area contributed by atoms with Gasteiger partial charge in [-0.05, 0) is 45.7 Å². The van der Waals surface area contributed by atoms with Crippen molar-refractivity contribution in [3.63, 3.8) is 0 Å². The van der Waals surface area contributed by atoms with Gasteiger partial charge >= 0.3 is 0 Å². The lowest BCUT2D eigenvalue weighted by atomic mass is 9.83. The summed E-state index contributed by atoms with van der Waals surface area (Å²) in [4.78, 5) is 2.54. The van der Waals surface area contributed by atoms with E-state index in [4.69, 9.17) is 10.5 Å². The van der Waals surface area contributed by atoms with Gasteiger partial charge in [0.05, 0.1) is 5.60 Å². The fourth-order valence-corrected chi connectivity index (χ4v) is 3.26. The third-order valence-electron chi connectivity index (χ3n) is 4.23. The number of nitrogens with zero attached hydrogens (tertiary/aromatic N) is 1. The molecule has 3 nitrogen and oxygen atoms in total. The van der Waals surface area contributed by atoms with E-state index in [0.717, 1.165) is 25.0 Å². The molecular weight excluding hydrogens is 176 g/mol. The van der Waals surface area contributed by atoms with Gasteiger partial charge in [0.1, 0.15) is 0 Å². The predicted octanol–water partition coefficient (Wildman–Crippen LogP) is 0.977. The minimum Gasteiger partial charge on any atom is -0.378 e. The van der Waals surface area contributed by atoms with E-state index in [1.54, 1.807) is 0 Å². The fraction of sp³-hybridized carbons (Fsp3) is 1.00. The van der Waals surface area contributed by atoms with E-state index in [1.807, 2.05) is 7.11 Å². The van der Waals surface area contributed by atoms with Crippen molar-refractivity contribution < 1.29 is 4.74 Å². The van der Waals surface area contributed by atoms with E-state index in [1.165, 1.54) is 25.7 Å². The van der Waals surface area contributed by atoms with Gasteiger partial charge in [0.25, 0.3) is 0 Å². The molecule has 0 radical (unpaired) electrons. The van der Waals surface area contributed by atoms with Gasteiger partial charge in [0.2, 0.25) is 0 Å². The Kier molecular flexibility index (Phi) is 2.82. The second-order valence-electron chi connectivity index (χ2n) is 4.88. The van der Waals surface area contributed by atoms with Gasteiger partial charge < -0.3 is 15.4 Å². The first kappa shape index (κ1) is 10.4. The highest BCUT2D eigenvalue weighted by Crippen LogP contribution is 2.42. The molecule has 2 bridgehead atoms. The zero-order valence-electron chi connectivity index (χ0n) is 9.33. The zero-order chi connectivity index (χ0) is 10.2. The smallest absolute Gasteiger partial charge is 0.0720 e. The third kappa shape index (κ3) is 1.58. The van der Waals surface area contributed by atoms with Crippen LogP contribution >= 0.6 is 0 Å². The zero-order valence-corrected chi connectivity index (χ0v) is 9.33. The second-order valence-corrected chi connectivity index (χ2v) is 4.88. The maximum atomic E-state index is 5.74. The number of hydrogen-bond donors (Lipinski definition) is 1. The molecule has 0 aromatic heterocycles. The predicted molar refractivity (Wildman–Crippen MR) is 57.2 cm³/mol. The highest BCUT2D eigenvalue weighted by atomic mass is 16.5. The summed E-state index contributed by atoms with van der Waals surface area (Å²) in [5.74, 6) is 0. The number of piperidine rings is 1. The van der Waals surface area contributed by atoms with E-state index in [-0.39, 0.29) is 5.60 Å². The molecule has 0 aromatic rings. The summed E-state index contributed by atoms with van der Waals surface area (Å²) in [7, 11) is 4.10. The summed E-state index contributed by atoms with van der Waals surface area (Å²) in [5.41, 5.74) is 5.76. The van der Waals surface area contributed by atoms with Crippen LogP contribution in [-0.2, 0) is 4.74 Å². The Balaban J connectivity index is 2.09. The number of methoxy groups -OCH3 is 1. The van der Waals surface area contributed by atoms with Crippen molar-refractivity contribution in [2.45, 2.75) is 49.8 Å². The average Bonchev–Trinajstić information content (AvgIpc) is 2.42. The Hall–Kier alpha value is -0.120. The molecule has 14 heavy (non-hydrogen) atoms. The van der Waals surface area contributed by atoms with Gasteiger partial charge in [-0.1, -0.05) is 0 Å². The molecule has 2 N–H and O–H groups in total. The molecular formula is C11H22N2O. The summed E-state index contributed by atoms with van der Waals surface area (Å²) in [6.07, 6.45) is 6.05. The Morgan fingerprint density at radius 3 is 2.36 bits per heavy atom. The Labute approximate surface area is 86.6 Å². The standard InChI is InChI=1S/C11H22N2O/c1-13-9-3-4-10(13)8-11(7-9,14-2)5-6-12/h9-10H,3-8,12H2,1-2H3. The monoisotopic (exact) mass is 198 g/mol. The molecule has 3 heteroatoms. The molecule has 2 rings (SSSR count). The Morgan fingerprint density at radius 1 is 1.36 bits per heavy atom. The molecule has 2 saturated heterocycles. The summed E-state index contributed by atoms with van der Waals surface area (Å²) in [5, 5.41) is 0. The summed E-state index contributed by atoms with van der Waals surface area (Å²) >= 11 is 0. The molecule has 0 aromatic carbocycles. The van der Waals surface area contributed by atoms with E-state index < -0.39 is 0 Å². The lowest BCUT2D eigenvalue weighted by Crippen LogP contribution is -2.51. The van der Waals surface area contributed by atoms with E-state index in [0.29, 0.717) is 0 Å².